The number of anilines is 2. The van der Waals surface area contributed by atoms with Crippen molar-refractivity contribution in [2.24, 2.45) is 0 Å². The van der Waals surface area contributed by atoms with Crippen LogP contribution in [0.1, 0.15) is 11.1 Å². The molecule has 154 valence electrons. The highest BCUT2D eigenvalue weighted by Gasteiger charge is 2.50. The van der Waals surface area contributed by atoms with Gasteiger partial charge < -0.3 is 14.2 Å². The molecule has 0 bridgehead atoms. The fourth-order valence-corrected chi connectivity index (χ4v) is 4.18. The summed E-state index contributed by atoms with van der Waals surface area (Å²) in [5.41, 5.74) is 3.17. The van der Waals surface area contributed by atoms with Crippen LogP contribution in [0.5, 0.6) is 17.2 Å². The second-order valence-corrected chi connectivity index (χ2v) is 7.34. The fraction of sp³-hybridized carbons (Fsp3) is 0.111. The number of methoxy groups -OCH3 is 2. The molecule has 0 atom stereocenters. The third-order valence-electron chi connectivity index (χ3n) is 5.66. The first-order valence-electron chi connectivity index (χ1n) is 10.2. The number of benzene rings is 4. The van der Waals surface area contributed by atoms with E-state index in [1.54, 1.807) is 14.2 Å². The van der Waals surface area contributed by atoms with E-state index in [1.165, 1.54) is 0 Å². The minimum absolute atomic E-state index is 0.801. The van der Waals surface area contributed by atoms with E-state index in [1.807, 2.05) is 60.7 Å². The minimum atomic E-state index is -0.885. The first-order valence-corrected chi connectivity index (χ1v) is 10.2. The van der Waals surface area contributed by atoms with Gasteiger partial charge in [-0.15, -0.1) is 0 Å². The lowest BCUT2D eigenvalue weighted by molar-refractivity contribution is 0.143. The van der Waals surface area contributed by atoms with Gasteiger partial charge in [0.1, 0.15) is 17.2 Å². The molecule has 1 aliphatic heterocycles. The SMILES string of the molecule is COc1ccc(C2(c3ccc(OC)cc3)Oc3ccccc3N2c2ccccc2)cc1. The van der Waals surface area contributed by atoms with Crippen molar-refractivity contribution in [2.45, 2.75) is 5.72 Å². The summed E-state index contributed by atoms with van der Waals surface area (Å²) in [6, 6.07) is 34.6. The number of hydrogen-bond donors (Lipinski definition) is 0. The molecular formula is C27H23NO3. The van der Waals surface area contributed by atoms with Crippen LogP contribution < -0.4 is 19.1 Å². The molecule has 1 aliphatic rings. The van der Waals surface area contributed by atoms with Crippen molar-refractivity contribution in [3.8, 4) is 17.2 Å². The normalized spacial score (nSPS) is 13.9. The fourth-order valence-electron chi connectivity index (χ4n) is 4.18. The molecule has 0 unspecified atom stereocenters. The van der Waals surface area contributed by atoms with E-state index in [0.717, 1.165) is 39.8 Å². The van der Waals surface area contributed by atoms with E-state index in [4.69, 9.17) is 14.2 Å². The Bertz CT molecular complexity index is 1120. The van der Waals surface area contributed by atoms with E-state index in [0.29, 0.717) is 0 Å². The summed E-state index contributed by atoms with van der Waals surface area (Å²) in [5, 5.41) is 0. The zero-order chi connectivity index (χ0) is 21.3. The molecule has 4 aromatic rings. The molecule has 31 heavy (non-hydrogen) atoms. The van der Waals surface area contributed by atoms with Gasteiger partial charge in [-0.05, 0) is 72.8 Å². The standard InChI is InChI=1S/C27H23NO3/c1-29-23-16-12-20(13-17-23)27(21-14-18-24(30-2)19-15-21)28(22-8-4-3-5-9-22)25-10-6-7-11-26(25)31-27/h3-19H,1-2H3. The Balaban J connectivity index is 1.79. The van der Waals surface area contributed by atoms with E-state index in [9.17, 15) is 0 Å². The molecule has 0 aliphatic carbocycles. The molecule has 0 N–H and O–H groups in total. The summed E-state index contributed by atoms with van der Waals surface area (Å²) in [4.78, 5) is 2.26. The number of hydrogen-bond acceptors (Lipinski definition) is 4. The maximum absolute atomic E-state index is 6.83. The zero-order valence-electron chi connectivity index (χ0n) is 17.5. The number of para-hydroxylation sites is 3. The molecule has 4 aromatic carbocycles. The van der Waals surface area contributed by atoms with Crippen molar-refractivity contribution in [1.82, 2.24) is 0 Å². The second-order valence-electron chi connectivity index (χ2n) is 7.34. The van der Waals surface area contributed by atoms with Gasteiger partial charge in [-0.2, -0.15) is 0 Å². The van der Waals surface area contributed by atoms with Gasteiger partial charge >= 0.3 is 0 Å². The molecule has 0 aromatic heterocycles. The molecule has 4 nitrogen and oxygen atoms in total. The van der Waals surface area contributed by atoms with Crippen LogP contribution in [-0.4, -0.2) is 14.2 Å². The molecule has 0 amide bonds. The van der Waals surface area contributed by atoms with Crippen LogP contribution in [-0.2, 0) is 5.72 Å². The monoisotopic (exact) mass is 409 g/mol. The van der Waals surface area contributed by atoms with E-state index in [-0.39, 0.29) is 0 Å². The number of nitrogens with zero attached hydrogens (tertiary/aromatic N) is 1. The van der Waals surface area contributed by atoms with Crippen LogP contribution in [0, 0.1) is 0 Å². The Hall–Kier alpha value is -3.92. The lowest BCUT2D eigenvalue weighted by Gasteiger charge is -2.39. The minimum Gasteiger partial charge on any atom is -0.497 e. The van der Waals surface area contributed by atoms with Crippen LogP contribution in [0.3, 0.4) is 0 Å². The van der Waals surface area contributed by atoms with Crippen molar-refractivity contribution in [3.05, 3.63) is 114 Å². The van der Waals surface area contributed by atoms with Gasteiger partial charge in [0.2, 0.25) is 5.72 Å². The first kappa shape index (κ1) is 19.1. The van der Waals surface area contributed by atoms with Gasteiger partial charge in [-0.25, -0.2) is 0 Å². The smallest absolute Gasteiger partial charge is 0.240 e. The van der Waals surface area contributed by atoms with Gasteiger partial charge in [0, 0.05) is 16.8 Å². The lowest BCUT2D eigenvalue weighted by atomic mass is 9.91. The summed E-state index contributed by atoms with van der Waals surface area (Å²) < 4.78 is 17.6. The van der Waals surface area contributed by atoms with Crippen molar-refractivity contribution >= 4 is 11.4 Å². The largest absolute Gasteiger partial charge is 0.497 e. The predicted octanol–water partition coefficient (Wildman–Crippen LogP) is 6.14. The molecule has 5 rings (SSSR count). The highest BCUT2D eigenvalue weighted by atomic mass is 16.5. The van der Waals surface area contributed by atoms with Crippen molar-refractivity contribution in [1.29, 1.82) is 0 Å². The van der Waals surface area contributed by atoms with Crippen molar-refractivity contribution in [2.75, 3.05) is 19.1 Å². The Labute approximate surface area is 182 Å². The highest BCUT2D eigenvalue weighted by Crippen LogP contribution is 2.54. The Morgan fingerprint density at radius 2 is 1.13 bits per heavy atom. The van der Waals surface area contributed by atoms with E-state index in [2.05, 4.69) is 47.4 Å². The summed E-state index contributed by atoms with van der Waals surface area (Å²) in [6.07, 6.45) is 0. The van der Waals surface area contributed by atoms with Gasteiger partial charge in [-0.3, -0.25) is 4.90 Å². The van der Waals surface area contributed by atoms with Crippen molar-refractivity contribution in [3.63, 3.8) is 0 Å². The van der Waals surface area contributed by atoms with Crippen LogP contribution in [0.25, 0.3) is 0 Å². The molecule has 0 spiro atoms. The summed E-state index contributed by atoms with van der Waals surface area (Å²) in [6.45, 7) is 0. The Kier molecular flexibility index (Phi) is 4.75. The molecule has 4 heteroatoms. The molecule has 0 saturated carbocycles. The van der Waals surface area contributed by atoms with Crippen LogP contribution in [0.4, 0.5) is 11.4 Å². The summed E-state index contributed by atoms with van der Waals surface area (Å²) in [5.74, 6) is 2.43. The maximum atomic E-state index is 6.83. The molecule has 0 radical (unpaired) electrons. The summed E-state index contributed by atoms with van der Waals surface area (Å²) >= 11 is 0. The Morgan fingerprint density at radius 1 is 0.613 bits per heavy atom. The highest BCUT2D eigenvalue weighted by molar-refractivity contribution is 5.77. The third-order valence-corrected chi connectivity index (χ3v) is 5.66. The number of fused-ring (bicyclic) bond motifs is 1. The molecule has 1 heterocycles. The average Bonchev–Trinajstić information content (AvgIpc) is 3.21. The van der Waals surface area contributed by atoms with Crippen LogP contribution in [0.2, 0.25) is 0 Å². The van der Waals surface area contributed by atoms with Gasteiger partial charge in [-0.1, -0.05) is 30.3 Å². The van der Waals surface area contributed by atoms with Crippen LogP contribution in [0.15, 0.2) is 103 Å². The quantitative estimate of drug-likeness (QED) is 0.396. The Morgan fingerprint density at radius 3 is 1.68 bits per heavy atom. The number of ether oxygens (including phenoxy) is 3. The average molecular weight is 409 g/mol. The molecular weight excluding hydrogens is 386 g/mol. The van der Waals surface area contributed by atoms with Gasteiger partial charge in [0.05, 0.1) is 19.9 Å². The van der Waals surface area contributed by atoms with Crippen LogP contribution >= 0.6 is 0 Å². The molecule has 0 fully saturated rings. The zero-order valence-corrected chi connectivity index (χ0v) is 17.5. The second kappa shape index (κ2) is 7.73. The van der Waals surface area contributed by atoms with E-state index < -0.39 is 5.72 Å². The first-order chi connectivity index (χ1) is 15.3. The topological polar surface area (TPSA) is 30.9 Å². The maximum Gasteiger partial charge on any atom is 0.240 e. The lowest BCUT2D eigenvalue weighted by Crippen LogP contribution is -2.45. The van der Waals surface area contributed by atoms with E-state index >= 15 is 0 Å². The number of rotatable bonds is 5. The van der Waals surface area contributed by atoms with Crippen molar-refractivity contribution < 1.29 is 14.2 Å². The van der Waals surface area contributed by atoms with Gasteiger partial charge in [0.15, 0.2) is 0 Å². The third kappa shape index (κ3) is 3.08. The predicted molar refractivity (Wildman–Crippen MR) is 122 cm³/mol. The van der Waals surface area contributed by atoms with Gasteiger partial charge in [0.25, 0.3) is 0 Å². The molecule has 0 saturated heterocycles. The summed E-state index contributed by atoms with van der Waals surface area (Å²) in [7, 11) is 3.35.